The van der Waals surface area contributed by atoms with Crippen LogP contribution in [0.4, 0.5) is 0 Å². The summed E-state index contributed by atoms with van der Waals surface area (Å²) in [7, 11) is 0. The first kappa shape index (κ1) is 14.8. The molecule has 0 unspecified atom stereocenters. The Bertz CT molecular complexity index is 572. The molecular weight excluding hydrogens is 272 g/mol. The van der Waals surface area contributed by atoms with Crippen LogP contribution in [0.2, 0.25) is 5.15 Å². The van der Waals surface area contributed by atoms with E-state index in [9.17, 15) is 0 Å². The Morgan fingerprint density at radius 3 is 2.65 bits per heavy atom. The topological polar surface area (TPSA) is 35.0 Å². The minimum Gasteiger partial charge on any atom is -0.493 e. The van der Waals surface area contributed by atoms with Crippen molar-refractivity contribution in [2.24, 2.45) is 0 Å². The van der Waals surface area contributed by atoms with Crippen molar-refractivity contribution in [3.63, 3.8) is 0 Å². The number of aromatic nitrogens is 2. The molecule has 2 aromatic rings. The molecule has 1 aromatic heterocycles. The Labute approximate surface area is 125 Å². The highest BCUT2D eigenvalue weighted by Crippen LogP contribution is 2.29. The van der Waals surface area contributed by atoms with E-state index >= 15 is 0 Å². The lowest BCUT2D eigenvalue weighted by atomic mass is 10.1. The van der Waals surface area contributed by atoms with Crippen molar-refractivity contribution in [2.75, 3.05) is 6.61 Å². The zero-order valence-corrected chi connectivity index (χ0v) is 12.7. The minimum absolute atomic E-state index is 0.476. The Hall–Kier alpha value is -1.61. The van der Waals surface area contributed by atoms with Gasteiger partial charge in [-0.15, -0.1) is 0 Å². The van der Waals surface area contributed by atoms with E-state index in [2.05, 4.69) is 23.8 Å². The van der Waals surface area contributed by atoms with Crippen LogP contribution in [0.15, 0.2) is 30.3 Å². The SMILES string of the molecule is CCCOc1ccccc1-c1cc(Cl)nc(CCC)n1. The van der Waals surface area contributed by atoms with Gasteiger partial charge in [-0.05, 0) is 25.0 Å². The van der Waals surface area contributed by atoms with E-state index in [0.29, 0.717) is 11.8 Å². The third kappa shape index (κ3) is 3.70. The van der Waals surface area contributed by atoms with Crippen LogP contribution >= 0.6 is 11.6 Å². The second-order valence-electron chi connectivity index (χ2n) is 4.59. The molecule has 3 nitrogen and oxygen atoms in total. The second kappa shape index (κ2) is 7.25. The van der Waals surface area contributed by atoms with Crippen molar-refractivity contribution in [2.45, 2.75) is 33.1 Å². The van der Waals surface area contributed by atoms with E-state index in [4.69, 9.17) is 16.3 Å². The summed E-state index contributed by atoms with van der Waals surface area (Å²) in [6.45, 7) is 4.88. The number of hydrogen-bond donors (Lipinski definition) is 0. The first-order chi connectivity index (χ1) is 9.74. The minimum atomic E-state index is 0.476. The van der Waals surface area contributed by atoms with Crippen LogP contribution in [0.25, 0.3) is 11.3 Å². The number of para-hydroxylation sites is 1. The number of halogens is 1. The fraction of sp³-hybridized carbons (Fsp3) is 0.375. The normalized spacial score (nSPS) is 10.6. The lowest BCUT2D eigenvalue weighted by Crippen LogP contribution is -2.00. The zero-order chi connectivity index (χ0) is 14.4. The quantitative estimate of drug-likeness (QED) is 0.733. The first-order valence-corrected chi connectivity index (χ1v) is 7.38. The number of aryl methyl sites for hydroxylation is 1. The molecule has 0 radical (unpaired) electrons. The molecule has 106 valence electrons. The monoisotopic (exact) mass is 290 g/mol. The summed E-state index contributed by atoms with van der Waals surface area (Å²) in [5.41, 5.74) is 1.78. The molecule has 0 atom stereocenters. The highest BCUT2D eigenvalue weighted by Gasteiger charge is 2.10. The van der Waals surface area contributed by atoms with Crippen LogP contribution in [-0.4, -0.2) is 16.6 Å². The van der Waals surface area contributed by atoms with Gasteiger partial charge in [-0.2, -0.15) is 0 Å². The van der Waals surface area contributed by atoms with Crippen molar-refractivity contribution in [3.8, 4) is 17.0 Å². The van der Waals surface area contributed by atoms with Gasteiger partial charge in [0, 0.05) is 18.1 Å². The van der Waals surface area contributed by atoms with Gasteiger partial charge in [-0.1, -0.05) is 37.6 Å². The van der Waals surface area contributed by atoms with Crippen molar-refractivity contribution in [1.82, 2.24) is 9.97 Å². The summed E-state index contributed by atoms with van der Waals surface area (Å²) >= 11 is 6.10. The predicted octanol–water partition coefficient (Wildman–Crippen LogP) is 4.54. The highest BCUT2D eigenvalue weighted by atomic mass is 35.5. The molecule has 2 rings (SSSR count). The largest absolute Gasteiger partial charge is 0.493 e. The van der Waals surface area contributed by atoms with E-state index in [1.807, 2.05) is 24.3 Å². The molecule has 0 amide bonds. The van der Waals surface area contributed by atoms with Gasteiger partial charge in [-0.25, -0.2) is 9.97 Å². The summed E-state index contributed by atoms with van der Waals surface area (Å²) in [6, 6.07) is 9.68. The maximum atomic E-state index is 6.10. The molecule has 1 aromatic carbocycles. The van der Waals surface area contributed by atoms with Crippen LogP contribution in [0.5, 0.6) is 5.75 Å². The van der Waals surface area contributed by atoms with Gasteiger partial charge in [0.15, 0.2) is 0 Å². The number of nitrogens with zero attached hydrogens (tertiary/aromatic N) is 2. The van der Waals surface area contributed by atoms with Gasteiger partial charge < -0.3 is 4.74 Å². The predicted molar refractivity (Wildman–Crippen MR) is 82.3 cm³/mol. The molecule has 0 saturated heterocycles. The molecule has 0 aliphatic rings. The Morgan fingerprint density at radius 2 is 1.90 bits per heavy atom. The average molecular weight is 291 g/mol. The summed E-state index contributed by atoms with van der Waals surface area (Å²) < 4.78 is 5.78. The van der Waals surface area contributed by atoms with Crippen molar-refractivity contribution < 1.29 is 4.74 Å². The van der Waals surface area contributed by atoms with E-state index in [1.165, 1.54) is 0 Å². The third-order valence-corrected chi connectivity index (χ3v) is 3.03. The smallest absolute Gasteiger partial charge is 0.133 e. The molecule has 20 heavy (non-hydrogen) atoms. The summed E-state index contributed by atoms with van der Waals surface area (Å²) in [5.74, 6) is 1.62. The fourth-order valence-electron chi connectivity index (χ4n) is 1.95. The number of hydrogen-bond acceptors (Lipinski definition) is 3. The molecule has 0 aliphatic carbocycles. The molecule has 1 heterocycles. The van der Waals surface area contributed by atoms with Crippen molar-refractivity contribution >= 4 is 11.6 Å². The third-order valence-electron chi connectivity index (χ3n) is 2.84. The standard InChI is InChI=1S/C16H19ClN2O/c1-3-7-16-18-13(11-15(17)19-16)12-8-5-6-9-14(12)20-10-4-2/h5-6,8-9,11H,3-4,7,10H2,1-2H3. The lowest BCUT2D eigenvalue weighted by molar-refractivity contribution is 0.318. The van der Waals surface area contributed by atoms with E-state index < -0.39 is 0 Å². The Balaban J connectivity index is 2.40. The van der Waals surface area contributed by atoms with E-state index in [-0.39, 0.29) is 0 Å². The van der Waals surface area contributed by atoms with Crippen LogP contribution in [0.3, 0.4) is 0 Å². The summed E-state index contributed by atoms with van der Waals surface area (Å²) in [6.07, 6.45) is 2.79. The average Bonchev–Trinajstić information content (AvgIpc) is 2.45. The summed E-state index contributed by atoms with van der Waals surface area (Å²) in [4.78, 5) is 8.84. The highest BCUT2D eigenvalue weighted by molar-refractivity contribution is 6.29. The van der Waals surface area contributed by atoms with Gasteiger partial charge in [0.05, 0.1) is 12.3 Å². The van der Waals surface area contributed by atoms with Gasteiger partial charge in [0.25, 0.3) is 0 Å². The molecule has 0 bridgehead atoms. The van der Waals surface area contributed by atoms with E-state index in [0.717, 1.165) is 42.1 Å². The van der Waals surface area contributed by atoms with Crippen molar-refractivity contribution in [1.29, 1.82) is 0 Å². The van der Waals surface area contributed by atoms with Gasteiger partial charge in [0.2, 0.25) is 0 Å². The van der Waals surface area contributed by atoms with Crippen LogP contribution in [0, 0.1) is 0 Å². The number of ether oxygens (including phenoxy) is 1. The van der Waals surface area contributed by atoms with Gasteiger partial charge in [0.1, 0.15) is 16.7 Å². The Morgan fingerprint density at radius 1 is 1.10 bits per heavy atom. The zero-order valence-electron chi connectivity index (χ0n) is 11.9. The lowest BCUT2D eigenvalue weighted by Gasteiger charge is -2.11. The van der Waals surface area contributed by atoms with Gasteiger partial charge in [-0.3, -0.25) is 0 Å². The molecule has 4 heteroatoms. The number of rotatable bonds is 6. The summed E-state index contributed by atoms with van der Waals surface area (Å²) in [5, 5.41) is 0.476. The van der Waals surface area contributed by atoms with E-state index in [1.54, 1.807) is 6.07 Å². The van der Waals surface area contributed by atoms with Crippen LogP contribution < -0.4 is 4.74 Å². The van der Waals surface area contributed by atoms with Gasteiger partial charge >= 0.3 is 0 Å². The molecule has 0 N–H and O–H groups in total. The fourth-order valence-corrected chi connectivity index (χ4v) is 2.16. The molecule has 0 saturated carbocycles. The van der Waals surface area contributed by atoms with Crippen LogP contribution in [-0.2, 0) is 6.42 Å². The second-order valence-corrected chi connectivity index (χ2v) is 4.97. The molecular formula is C16H19ClN2O. The molecule has 0 aliphatic heterocycles. The van der Waals surface area contributed by atoms with Crippen LogP contribution in [0.1, 0.15) is 32.5 Å². The maximum absolute atomic E-state index is 6.10. The molecule has 0 spiro atoms. The molecule has 0 fully saturated rings. The Kier molecular flexibility index (Phi) is 5.36. The number of benzene rings is 1. The van der Waals surface area contributed by atoms with Crippen molar-refractivity contribution in [3.05, 3.63) is 41.3 Å². The first-order valence-electron chi connectivity index (χ1n) is 7.00. The maximum Gasteiger partial charge on any atom is 0.133 e.